The van der Waals surface area contributed by atoms with Gasteiger partial charge in [-0.1, -0.05) is 36.4 Å². The zero-order valence-corrected chi connectivity index (χ0v) is 13.7. The molecule has 1 N–H and O–H groups in total. The zero-order valence-electron chi connectivity index (χ0n) is 13.7. The Balaban J connectivity index is 1.57. The Morgan fingerprint density at radius 3 is 2.68 bits per heavy atom. The Morgan fingerprint density at radius 1 is 1.00 bits per heavy atom. The van der Waals surface area contributed by atoms with Crippen molar-refractivity contribution < 1.29 is 0 Å². The van der Waals surface area contributed by atoms with Crippen molar-refractivity contribution in [2.24, 2.45) is 0 Å². The standard InChI is InChI=1S/C20H17N5/c21-13-16-6-3-4-8-18(16)23-19-9-11-22-20(24-19)25-12-10-15-5-1-2-7-17(15)14-25/h1-9,11H,10,12,14H2,(H,22,23,24). The van der Waals surface area contributed by atoms with Gasteiger partial charge in [-0.25, -0.2) is 4.98 Å². The third-order valence-electron chi connectivity index (χ3n) is 4.37. The maximum atomic E-state index is 9.22. The van der Waals surface area contributed by atoms with Crippen molar-refractivity contribution in [2.45, 2.75) is 13.0 Å². The highest BCUT2D eigenvalue weighted by molar-refractivity contribution is 5.64. The summed E-state index contributed by atoms with van der Waals surface area (Å²) in [5, 5.41) is 12.4. The lowest BCUT2D eigenvalue weighted by molar-refractivity contribution is 0.708. The van der Waals surface area contributed by atoms with Gasteiger partial charge in [-0.15, -0.1) is 0 Å². The number of hydrogen-bond acceptors (Lipinski definition) is 5. The molecule has 5 heteroatoms. The number of hydrogen-bond donors (Lipinski definition) is 1. The number of anilines is 3. The molecule has 0 unspecified atom stereocenters. The molecule has 2 aromatic carbocycles. The van der Waals surface area contributed by atoms with Crippen LogP contribution >= 0.6 is 0 Å². The summed E-state index contributed by atoms with van der Waals surface area (Å²) in [5.41, 5.74) is 4.06. The van der Waals surface area contributed by atoms with Crippen LogP contribution in [0.25, 0.3) is 0 Å². The summed E-state index contributed by atoms with van der Waals surface area (Å²) in [7, 11) is 0. The quantitative estimate of drug-likeness (QED) is 0.795. The highest BCUT2D eigenvalue weighted by atomic mass is 15.3. The van der Waals surface area contributed by atoms with Gasteiger partial charge < -0.3 is 10.2 Å². The highest BCUT2D eigenvalue weighted by Crippen LogP contribution is 2.24. The van der Waals surface area contributed by atoms with E-state index in [9.17, 15) is 5.26 Å². The van der Waals surface area contributed by atoms with E-state index in [1.807, 2.05) is 24.3 Å². The minimum Gasteiger partial charge on any atom is -0.339 e. The van der Waals surface area contributed by atoms with E-state index in [1.54, 1.807) is 12.3 Å². The van der Waals surface area contributed by atoms with Crippen LogP contribution in [0, 0.1) is 11.3 Å². The van der Waals surface area contributed by atoms with Gasteiger partial charge in [0.1, 0.15) is 11.9 Å². The fourth-order valence-corrected chi connectivity index (χ4v) is 3.06. The summed E-state index contributed by atoms with van der Waals surface area (Å²) >= 11 is 0. The smallest absolute Gasteiger partial charge is 0.227 e. The van der Waals surface area contributed by atoms with Crippen LogP contribution in [0.4, 0.5) is 17.5 Å². The minimum absolute atomic E-state index is 0.592. The predicted molar refractivity (Wildman–Crippen MR) is 97.7 cm³/mol. The SMILES string of the molecule is N#Cc1ccccc1Nc1ccnc(N2CCc3ccccc3C2)n1. The van der Waals surface area contributed by atoms with Crippen LogP contribution in [0.2, 0.25) is 0 Å². The number of nitrogens with zero attached hydrogens (tertiary/aromatic N) is 4. The van der Waals surface area contributed by atoms with Crippen LogP contribution in [0.15, 0.2) is 60.8 Å². The van der Waals surface area contributed by atoms with E-state index < -0.39 is 0 Å². The summed E-state index contributed by atoms with van der Waals surface area (Å²) in [6.45, 7) is 1.71. The molecule has 0 saturated carbocycles. The third-order valence-corrected chi connectivity index (χ3v) is 4.37. The number of fused-ring (bicyclic) bond motifs is 1. The number of nitriles is 1. The van der Waals surface area contributed by atoms with E-state index in [-0.39, 0.29) is 0 Å². The van der Waals surface area contributed by atoms with Crippen LogP contribution in [-0.2, 0) is 13.0 Å². The average Bonchev–Trinajstić information content (AvgIpc) is 2.68. The molecule has 0 amide bonds. The molecule has 1 aromatic heterocycles. The van der Waals surface area contributed by atoms with Crippen molar-refractivity contribution in [3.63, 3.8) is 0 Å². The molecule has 0 fully saturated rings. The van der Waals surface area contributed by atoms with Crippen molar-refractivity contribution in [3.8, 4) is 6.07 Å². The summed E-state index contributed by atoms with van der Waals surface area (Å²) in [5.74, 6) is 1.39. The van der Waals surface area contributed by atoms with Gasteiger partial charge >= 0.3 is 0 Å². The fourth-order valence-electron chi connectivity index (χ4n) is 3.06. The second kappa shape index (κ2) is 6.62. The lowest BCUT2D eigenvalue weighted by Crippen LogP contribution is -2.31. The van der Waals surface area contributed by atoms with Gasteiger partial charge in [0, 0.05) is 19.3 Å². The Bertz CT molecular complexity index is 945. The molecule has 1 aliphatic heterocycles. The molecule has 5 nitrogen and oxygen atoms in total. The lowest BCUT2D eigenvalue weighted by Gasteiger charge is -2.28. The van der Waals surface area contributed by atoms with Gasteiger partial charge in [0.05, 0.1) is 11.3 Å². The molecule has 0 bridgehead atoms. The van der Waals surface area contributed by atoms with E-state index in [1.165, 1.54) is 11.1 Å². The van der Waals surface area contributed by atoms with Crippen LogP contribution < -0.4 is 10.2 Å². The summed E-state index contributed by atoms with van der Waals surface area (Å²) in [4.78, 5) is 11.2. The van der Waals surface area contributed by atoms with Crippen molar-refractivity contribution in [1.82, 2.24) is 9.97 Å². The monoisotopic (exact) mass is 327 g/mol. The molecular formula is C20H17N5. The lowest BCUT2D eigenvalue weighted by atomic mass is 10.0. The van der Waals surface area contributed by atoms with Crippen molar-refractivity contribution in [2.75, 3.05) is 16.8 Å². The molecule has 4 rings (SSSR count). The molecule has 1 aliphatic rings. The Labute approximate surface area is 146 Å². The molecule has 0 radical (unpaired) electrons. The second-order valence-electron chi connectivity index (χ2n) is 5.96. The topological polar surface area (TPSA) is 64.8 Å². The Morgan fingerprint density at radius 2 is 1.80 bits per heavy atom. The van der Waals surface area contributed by atoms with Crippen molar-refractivity contribution in [1.29, 1.82) is 5.26 Å². The highest BCUT2D eigenvalue weighted by Gasteiger charge is 2.18. The molecule has 0 spiro atoms. The normalized spacial score (nSPS) is 13.0. The van der Waals surface area contributed by atoms with E-state index in [2.05, 4.69) is 50.5 Å². The average molecular weight is 327 g/mol. The van der Waals surface area contributed by atoms with E-state index in [0.717, 1.165) is 25.2 Å². The van der Waals surface area contributed by atoms with Crippen LogP contribution in [0.3, 0.4) is 0 Å². The largest absolute Gasteiger partial charge is 0.339 e. The number of para-hydroxylation sites is 1. The third kappa shape index (κ3) is 3.15. The molecule has 3 aromatic rings. The van der Waals surface area contributed by atoms with Crippen LogP contribution in [0.1, 0.15) is 16.7 Å². The van der Waals surface area contributed by atoms with Gasteiger partial charge in [-0.3, -0.25) is 0 Å². The summed E-state index contributed by atoms with van der Waals surface area (Å²) < 4.78 is 0. The van der Waals surface area contributed by atoms with E-state index in [0.29, 0.717) is 17.3 Å². The fraction of sp³-hybridized carbons (Fsp3) is 0.150. The Hall–Kier alpha value is -3.39. The van der Waals surface area contributed by atoms with E-state index >= 15 is 0 Å². The summed E-state index contributed by atoms with van der Waals surface area (Å²) in [6.07, 6.45) is 2.74. The molecule has 2 heterocycles. The number of rotatable bonds is 3. The second-order valence-corrected chi connectivity index (χ2v) is 5.96. The molecule has 0 aliphatic carbocycles. The van der Waals surface area contributed by atoms with Gasteiger partial charge in [0.2, 0.25) is 5.95 Å². The maximum Gasteiger partial charge on any atom is 0.227 e. The first-order valence-electron chi connectivity index (χ1n) is 8.24. The van der Waals surface area contributed by atoms with Gasteiger partial charge in [-0.2, -0.15) is 10.2 Å². The number of aromatic nitrogens is 2. The van der Waals surface area contributed by atoms with Gasteiger partial charge in [0.25, 0.3) is 0 Å². The molecular weight excluding hydrogens is 310 g/mol. The molecule has 25 heavy (non-hydrogen) atoms. The maximum absolute atomic E-state index is 9.22. The van der Waals surface area contributed by atoms with Crippen LogP contribution in [0.5, 0.6) is 0 Å². The first-order valence-corrected chi connectivity index (χ1v) is 8.24. The Kier molecular flexibility index (Phi) is 4.01. The number of nitrogens with one attached hydrogen (secondary N) is 1. The minimum atomic E-state index is 0.592. The predicted octanol–water partition coefficient (Wildman–Crippen LogP) is 3.65. The van der Waals surface area contributed by atoms with Crippen molar-refractivity contribution in [3.05, 3.63) is 77.5 Å². The summed E-state index contributed by atoms with van der Waals surface area (Å²) in [6, 6.07) is 19.9. The first kappa shape index (κ1) is 15.2. The van der Waals surface area contributed by atoms with Crippen molar-refractivity contribution >= 4 is 17.5 Å². The van der Waals surface area contributed by atoms with Gasteiger partial charge in [-0.05, 0) is 35.7 Å². The molecule has 122 valence electrons. The van der Waals surface area contributed by atoms with E-state index in [4.69, 9.17) is 0 Å². The molecule has 0 atom stereocenters. The molecule has 0 saturated heterocycles. The number of benzene rings is 2. The first-order chi connectivity index (χ1) is 12.3. The zero-order chi connectivity index (χ0) is 17.1. The van der Waals surface area contributed by atoms with Crippen LogP contribution in [-0.4, -0.2) is 16.5 Å². The van der Waals surface area contributed by atoms with Gasteiger partial charge in [0.15, 0.2) is 0 Å².